The molecule has 0 spiro atoms. The van der Waals surface area contributed by atoms with E-state index in [1.807, 2.05) is 12.1 Å². The lowest BCUT2D eigenvalue weighted by Gasteiger charge is -2.33. The van der Waals surface area contributed by atoms with Gasteiger partial charge in [-0.3, -0.25) is 4.79 Å². The van der Waals surface area contributed by atoms with Crippen molar-refractivity contribution in [2.75, 3.05) is 6.61 Å². The Morgan fingerprint density at radius 2 is 1.59 bits per heavy atom. The molecule has 1 amide bonds. The third kappa shape index (κ3) is 7.26. The van der Waals surface area contributed by atoms with Crippen molar-refractivity contribution in [3.8, 4) is 11.5 Å². The van der Waals surface area contributed by atoms with Gasteiger partial charge in [0.25, 0.3) is 5.91 Å². The number of aromatic hydroxyl groups is 1. The summed E-state index contributed by atoms with van der Waals surface area (Å²) in [5, 5.41) is 13.4. The number of hydrogen-bond acceptors (Lipinski definition) is 4. The van der Waals surface area contributed by atoms with E-state index in [1.54, 1.807) is 31.2 Å². The van der Waals surface area contributed by atoms with Gasteiger partial charge in [0, 0.05) is 0 Å². The first-order chi connectivity index (χ1) is 13.5. The number of phenols is 1. The standard InChI is InChI=1S/C24H32N2O3/c1-17(18-7-11-20(27)12-8-18)25-26-22(28)15-29-21-13-9-19(10-14-21)24(5,6)16-23(2,3)4/h7-14,27H,15-16H2,1-6H3,(H,26,28)/b25-17-. The summed E-state index contributed by atoms with van der Waals surface area (Å²) >= 11 is 0. The highest BCUT2D eigenvalue weighted by Crippen LogP contribution is 2.36. The fourth-order valence-corrected chi connectivity index (χ4v) is 3.52. The highest BCUT2D eigenvalue weighted by atomic mass is 16.5. The summed E-state index contributed by atoms with van der Waals surface area (Å²) in [6.07, 6.45) is 1.07. The summed E-state index contributed by atoms with van der Waals surface area (Å²) in [5.74, 6) is 0.502. The summed E-state index contributed by atoms with van der Waals surface area (Å²) in [4.78, 5) is 12.0. The second kappa shape index (κ2) is 9.12. The molecule has 0 aliphatic rings. The quantitative estimate of drug-likeness (QED) is 0.510. The second-order valence-corrected chi connectivity index (χ2v) is 9.21. The molecule has 0 heterocycles. The molecule has 5 heteroatoms. The van der Waals surface area contributed by atoms with Crippen LogP contribution >= 0.6 is 0 Å². The normalized spacial score (nSPS) is 12.6. The molecule has 29 heavy (non-hydrogen) atoms. The monoisotopic (exact) mass is 396 g/mol. The van der Waals surface area contributed by atoms with Gasteiger partial charge in [-0.25, -0.2) is 5.43 Å². The minimum absolute atomic E-state index is 0.0641. The number of hydrazone groups is 1. The Morgan fingerprint density at radius 3 is 2.14 bits per heavy atom. The van der Waals surface area contributed by atoms with Crippen LogP contribution in [0.15, 0.2) is 53.6 Å². The van der Waals surface area contributed by atoms with Gasteiger partial charge in [-0.1, -0.05) is 46.8 Å². The molecule has 0 aliphatic carbocycles. The van der Waals surface area contributed by atoms with Gasteiger partial charge in [0.2, 0.25) is 0 Å². The van der Waals surface area contributed by atoms with E-state index in [4.69, 9.17) is 4.74 Å². The highest BCUT2D eigenvalue weighted by Gasteiger charge is 2.27. The topological polar surface area (TPSA) is 70.9 Å². The minimum atomic E-state index is -0.333. The molecule has 0 saturated carbocycles. The zero-order valence-corrected chi connectivity index (χ0v) is 18.2. The van der Waals surface area contributed by atoms with Gasteiger partial charge in [0.1, 0.15) is 11.5 Å². The highest BCUT2D eigenvalue weighted by molar-refractivity contribution is 5.99. The molecule has 5 nitrogen and oxygen atoms in total. The number of rotatable bonds is 7. The van der Waals surface area contributed by atoms with E-state index in [2.05, 4.69) is 57.3 Å². The molecule has 156 valence electrons. The predicted octanol–water partition coefficient (Wildman–Crippen LogP) is 5.03. The van der Waals surface area contributed by atoms with Gasteiger partial charge < -0.3 is 9.84 Å². The SMILES string of the molecule is C/C(=N/NC(=O)COc1ccc(C(C)(C)CC(C)(C)C)cc1)c1ccc(O)cc1. The average molecular weight is 397 g/mol. The maximum Gasteiger partial charge on any atom is 0.277 e. The molecule has 2 rings (SSSR count). The van der Waals surface area contributed by atoms with Gasteiger partial charge >= 0.3 is 0 Å². The van der Waals surface area contributed by atoms with Crippen LogP contribution in [-0.2, 0) is 10.2 Å². The van der Waals surface area contributed by atoms with Crippen molar-refractivity contribution < 1.29 is 14.6 Å². The number of carbonyl (C=O) groups excluding carboxylic acids is 1. The number of amides is 1. The Morgan fingerprint density at radius 1 is 1.00 bits per heavy atom. The molecule has 0 fully saturated rings. The zero-order chi connectivity index (χ0) is 21.7. The Balaban J connectivity index is 1.88. The third-order valence-corrected chi connectivity index (χ3v) is 4.61. The van der Waals surface area contributed by atoms with Crippen LogP contribution in [-0.4, -0.2) is 23.3 Å². The average Bonchev–Trinajstić information content (AvgIpc) is 2.63. The van der Waals surface area contributed by atoms with Crippen molar-refractivity contribution in [3.05, 3.63) is 59.7 Å². The maximum absolute atomic E-state index is 12.0. The van der Waals surface area contributed by atoms with Crippen molar-refractivity contribution in [1.29, 1.82) is 0 Å². The number of nitrogens with zero attached hydrogens (tertiary/aromatic N) is 1. The number of carbonyl (C=O) groups is 1. The zero-order valence-electron chi connectivity index (χ0n) is 18.2. The smallest absolute Gasteiger partial charge is 0.277 e. The van der Waals surface area contributed by atoms with Gasteiger partial charge in [-0.15, -0.1) is 0 Å². The van der Waals surface area contributed by atoms with E-state index >= 15 is 0 Å². The lowest BCUT2D eigenvalue weighted by molar-refractivity contribution is -0.123. The second-order valence-electron chi connectivity index (χ2n) is 9.21. The molecule has 2 N–H and O–H groups in total. The molecular formula is C24H32N2O3. The van der Waals surface area contributed by atoms with Crippen molar-refractivity contribution in [3.63, 3.8) is 0 Å². The van der Waals surface area contributed by atoms with E-state index in [9.17, 15) is 9.90 Å². The third-order valence-electron chi connectivity index (χ3n) is 4.61. The minimum Gasteiger partial charge on any atom is -0.508 e. The van der Waals surface area contributed by atoms with E-state index in [1.165, 1.54) is 5.56 Å². The van der Waals surface area contributed by atoms with Gasteiger partial charge in [-0.05, 0) is 71.7 Å². The summed E-state index contributed by atoms with van der Waals surface area (Å²) in [5.41, 5.74) is 5.51. The fraction of sp³-hybridized carbons (Fsp3) is 0.417. The largest absolute Gasteiger partial charge is 0.508 e. The van der Waals surface area contributed by atoms with Crippen LogP contribution in [0.3, 0.4) is 0 Å². The fourth-order valence-electron chi connectivity index (χ4n) is 3.52. The number of ether oxygens (including phenoxy) is 1. The van der Waals surface area contributed by atoms with Crippen LogP contribution in [0.25, 0.3) is 0 Å². The van der Waals surface area contributed by atoms with Gasteiger partial charge in [0.15, 0.2) is 6.61 Å². The number of hydrogen-bond donors (Lipinski definition) is 2. The molecule has 2 aromatic rings. The lowest BCUT2D eigenvalue weighted by atomic mass is 9.72. The lowest BCUT2D eigenvalue weighted by Crippen LogP contribution is -2.26. The van der Waals surface area contributed by atoms with Crippen LogP contribution < -0.4 is 10.2 Å². The van der Waals surface area contributed by atoms with E-state index in [0.29, 0.717) is 11.5 Å². The van der Waals surface area contributed by atoms with Crippen molar-refractivity contribution in [2.24, 2.45) is 10.5 Å². The molecule has 0 aromatic heterocycles. The summed E-state index contributed by atoms with van der Waals surface area (Å²) in [6.45, 7) is 12.9. The Kier molecular flexibility index (Phi) is 7.07. The van der Waals surface area contributed by atoms with Crippen molar-refractivity contribution >= 4 is 11.6 Å². The Bertz CT molecular complexity index is 845. The van der Waals surface area contributed by atoms with Crippen LogP contribution in [0.1, 0.15) is 59.1 Å². The Labute approximate surface area is 173 Å². The number of phenolic OH excluding ortho intramolecular Hbond substituents is 1. The maximum atomic E-state index is 12.0. The summed E-state index contributed by atoms with van der Waals surface area (Å²) in [7, 11) is 0. The van der Waals surface area contributed by atoms with E-state index in [0.717, 1.165) is 12.0 Å². The van der Waals surface area contributed by atoms with Crippen LogP contribution in [0.2, 0.25) is 0 Å². The van der Waals surface area contributed by atoms with Crippen molar-refractivity contribution in [2.45, 2.75) is 53.4 Å². The molecule has 0 radical (unpaired) electrons. The van der Waals surface area contributed by atoms with Crippen LogP contribution in [0, 0.1) is 5.41 Å². The molecule has 2 aromatic carbocycles. The number of nitrogens with one attached hydrogen (secondary N) is 1. The Hall–Kier alpha value is -2.82. The van der Waals surface area contributed by atoms with E-state index in [-0.39, 0.29) is 29.1 Å². The first-order valence-corrected chi connectivity index (χ1v) is 9.82. The molecule has 0 saturated heterocycles. The van der Waals surface area contributed by atoms with Crippen molar-refractivity contribution in [1.82, 2.24) is 5.43 Å². The summed E-state index contributed by atoms with van der Waals surface area (Å²) in [6, 6.07) is 14.5. The van der Waals surface area contributed by atoms with Gasteiger partial charge in [0.05, 0.1) is 5.71 Å². The molecule has 0 aliphatic heterocycles. The molecular weight excluding hydrogens is 364 g/mol. The first kappa shape index (κ1) is 22.5. The first-order valence-electron chi connectivity index (χ1n) is 9.82. The predicted molar refractivity (Wildman–Crippen MR) is 117 cm³/mol. The number of benzene rings is 2. The molecule has 0 bridgehead atoms. The van der Waals surface area contributed by atoms with Crippen LogP contribution in [0.5, 0.6) is 11.5 Å². The molecule has 0 unspecified atom stereocenters. The molecule has 0 atom stereocenters. The summed E-state index contributed by atoms with van der Waals surface area (Å²) < 4.78 is 5.58. The van der Waals surface area contributed by atoms with E-state index < -0.39 is 0 Å². The van der Waals surface area contributed by atoms with Crippen LogP contribution in [0.4, 0.5) is 0 Å². The van der Waals surface area contributed by atoms with Gasteiger partial charge in [-0.2, -0.15) is 5.10 Å².